The van der Waals surface area contributed by atoms with E-state index in [0.29, 0.717) is 12.6 Å². The fourth-order valence-corrected chi connectivity index (χ4v) is 4.75. The van der Waals surface area contributed by atoms with Crippen molar-refractivity contribution in [2.45, 2.75) is 45.3 Å². The van der Waals surface area contributed by atoms with Gasteiger partial charge < -0.3 is 4.90 Å². The molecule has 1 fully saturated rings. The lowest BCUT2D eigenvalue weighted by molar-refractivity contribution is -0.133. The molecule has 1 saturated heterocycles. The fourth-order valence-electron chi connectivity index (χ4n) is 3.86. The Morgan fingerprint density at radius 1 is 1.42 bits per heavy atom. The Morgan fingerprint density at radius 2 is 2.33 bits per heavy atom. The van der Waals surface area contributed by atoms with Gasteiger partial charge in [-0.05, 0) is 48.8 Å². The molecule has 4 rings (SSSR count). The molecule has 0 spiro atoms. The minimum absolute atomic E-state index is 0.278. The molecule has 0 aromatic carbocycles. The van der Waals surface area contributed by atoms with Crippen LogP contribution in [0.4, 0.5) is 0 Å². The van der Waals surface area contributed by atoms with E-state index < -0.39 is 0 Å². The van der Waals surface area contributed by atoms with E-state index in [-0.39, 0.29) is 5.91 Å². The molecule has 1 unspecified atom stereocenters. The summed E-state index contributed by atoms with van der Waals surface area (Å²) < 4.78 is 1.98. The third-order valence-corrected chi connectivity index (χ3v) is 6.13. The van der Waals surface area contributed by atoms with E-state index in [9.17, 15) is 4.79 Å². The summed E-state index contributed by atoms with van der Waals surface area (Å²) >= 11 is 1.84. The zero-order chi connectivity index (χ0) is 16.5. The van der Waals surface area contributed by atoms with Gasteiger partial charge in [-0.2, -0.15) is 5.10 Å². The van der Waals surface area contributed by atoms with Crippen LogP contribution in [0.5, 0.6) is 0 Å². The topological polar surface area (TPSA) is 41.4 Å². The highest BCUT2D eigenvalue weighted by Gasteiger charge is 2.30. The molecular formula is C18H24N4OS. The van der Waals surface area contributed by atoms with Crippen LogP contribution in [-0.4, -0.2) is 51.2 Å². The maximum atomic E-state index is 12.8. The molecule has 128 valence electrons. The normalized spacial score (nSPS) is 21.2. The zero-order valence-electron chi connectivity index (χ0n) is 14.1. The van der Waals surface area contributed by atoms with Crippen molar-refractivity contribution >= 4 is 17.2 Å². The van der Waals surface area contributed by atoms with Crippen LogP contribution >= 0.6 is 11.3 Å². The fraction of sp³-hybridized carbons (Fsp3) is 0.556. The Labute approximate surface area is 146 Å². The van der Waals surface area contributed by atoms with Crippen LogP contribution < -0.4 is 0 Å². The minimum Gasteiger partial charge on any atom is -0.337 e. The van der Waals surface area contributed by atoms with Gasteiger partial charge in [-0.1, -0.05) is 0 Å². The van der Waals surface area contributed by atoms with Crippen LogP contribution in [0.15, 0.2) is 23.8 Å². The maximum Gasteiger partial charge on any atom is 0.237 e. The molecule has 0 bridgehead atoms. The molecular weight excluding hydrogens is 320 g/mol. The average Bonchev–Trinajstić information content (AvgIpc) is 3.28. The lowest BCUT2D eigenvalue weighted by atomic mass is 10.1. The summed E-state index contributed by atoms with van der Waals surface area (Å²) in [7, 11) is 0. The Bertz CT molecular complexity index is 722. The van der Waals surface area contributed by atoms with Gasteiger partial charge in [-0.15, -0.1) is 11.3 Å². The van der Waals surface area contributed by atoms with Crippen molar-refractivity contribution < 1.29 is 4.79 Å². The molecule has 5 nitrogen and oxygen atoms in total. The molecule has 4 heterocycles. The minimum atomic E-state index is 0.278. The number of aromatic nitrogens is 2. The first-order valence-electron chi connectivity index (χ1n) is 8.75. The molecule has 6 heteroatoms. The Hall–Kier alpha value is -1.66. The summed E-state index contributed by atoms with van der Waals surface area (Å²) in [5.74, 6) is 0.278. The SMILES string of the molecule is Cc1cnn(CC2CCCN2C(=O)CN2CCc3sccc3C2)c1. The third-order valence-electron chi connectivity index (χ3n) is 5.10. The van der Waals surface area contributed by atoms with E-state index in [0.717, 1.165) is 45.4 Å². The summed E-state index contributed by atoms with van der Waals surface area (Å²) in [5, 5.41) is 6.54. The van der Waals surface area contributed by atoms with E-state index in [2.05, 4.69) is 39.5 Å². The summed E-state index contributed by atoms with van der Waals surface area (Å²) in [5.41, 5.74) is 2.58. The van der Waals surface area contributed by atoms with Crippen LogP contribution in [0.3, 0.4) is 0 Å². The lowest BCUT2D eigenvalue weighted by Crippen LogP contribution is -2.45. The standard InChI is InChI=1S/C18H24N4OS/c1-14-9-19-21(10-14)12-16-3-2-6-22(16)18(23)13-20-7-4-17-15(11-20)5-8-24-17/h5,8-10,16H,2-4,6-7,11-13H2,1H3. The number of likely N-dealkylation sites (tertiary alicyclic amines) is 1. The van der Waals surface area contributed by atoms with Crippen molar-refractivity contribution in [1.82, 2.24) is 19.6 Å². The predicted octanol–water partition coefficient (Wildman–Crippen LogP) is 2.30. The summed E-state index contributed by atoms with van der Waals surface area (Å²) in [6, 6.07) is 2.49. The molecule has 24 heavy (non-hydrogen) atoms. The summed E-state index contributed by atoms with van der Waals surface area (Å²) in [6.07, 6.45) is 7.21. The van der Waals surface area contributed by atoms with Gasteiger partial charge in [0.25, 0.3) is 0 Å². The first-order chi connectivity index (χ1) is 11.7. The number of nitrogens with zero attached hydrogens (tertiary/aromatic N) is 4. The lowest BCUT2D eigenvalue weighted by Gasteiger charge is -2.30. The van der Waals surface area contributed by atoms with E-state index in [1.54, 1.807) is 0 Å². The Morgan fingerprint density at radius 3 is 3.17 bits per heavy atom. The molecule has 0 radical (unpaired) electrons. The summed E-state index contributed by atoms with van der Waals surface area (Å²) in [4.78, 5) is 18.7. The zero-order valence-corrected chi connectivity index (χ0v) is 15.0. The van der Waals surface area contributed by atoms with Gasteiger partial charge in [0.1, 0.15) is 0 Å². The van der Waals surface area contributed by atoms with Gasteiger partial charge >= 0.3 is 0 Å². The van der Waals surface area contributed by atoms with Crippen LogP contribution in [0.2, 0.25) is 0 Å². The molecule has 2 aliphatic rings. The van der Waals surface area contributed by atoms with Gasteiger partial charge in [0.05, 0.1) is 25.3 Å². The van der Waals surface area contributed by atoms with Crippen molar-refractivity contribution in [3.8, 4) is 0 Å². The van der Waals surface area contributed by atoms with Gasteiger partial charge in [-0.25, -0.2) is 0 Å². The maximum absolute atomic E-state index is 12.8. The van der Waals surface area contributed by atoms with Gasteiger partial charge in [0, 0.05) is 30.7 Å². The number of hydrogen-bond acceptors (Lipinski definition) is 4. The first-order valence-corrected chi connectivity index (χ1v) is 9.63. The molecule has 2 aromatic rings. The molecule has 0 N–H and O–H groups in total. The molecule has 1 atom stereocenters. The first kappa shape index (κ1) is 15.8. The Balaban J connectivity index is 1.37. The smallest absolute Gasteiger partial charge is 0.237 e. The van der Waals surface area contributed by atoms with Crippen LogP contribution in [0, 0.1) is 6.92 Å². The van der Waals surface area contributed by atoms with Crippen LogP contribution in [0.25, 0.3) is 0 Å². The second-order valence-electron chi connectivity index (χ2n) is 6.95. The quantitative estimate of drug-likeness (QED) is 0.855. The van der Waals surface area contributed by atoms with Crippen molar-refractivity contribution in [2.24, 2.45) is 0 Å². The van der Waals surface area contributed by atoms with E-state index in [4.69, 9.17) is 0 Å². The second kappa shape index (κ2) is 6.69. The van der Waals surface area contributed by atoms with Gasteiger partial charge in [0.2, 0.25) is 5.91 Å². The van der Waals surface area contributed by atoms with Gasteiger partial charge in [0.15, 0.2) is 0 Å². The highest BCUT2D eigenvalue weighted by molar-refractivity contribution is 7.10. The summed E-state index contributed by atoms with van der Waals surface area (Å²) in [6.45, 7) is 6.22. The van der Waals surface area contributed by atoms with E-state index >= 15 is 0 Å². The average molecular weight is 344 g/mol. The molecule has 1 amide bonds. The second-order valence-corrected chi connectivity index (χ2v) is 7.95. The molecule has 0 aliphatic carbocycles. The largest absolute Gasteiger partial charge is 0.337 e. The van der Waals surface area contributed by atoms with Crippen molar-refractivity contribution in [1.29, 1.82) is 0 Å². The predicted molar refractivity (Wildman–Crippen MR) is 95.0 cm³/mol. The highest BCUT2D eigenvalue weighted by atomic mass is 32.1. The number of carbonyl (C=O) groups is 1. The van der Waals surface area contributed by atoms with E-state index in [1.165, 1.54) is 16.0 Å². The number of fused-ring (bicyclic) bond motifs is 1. The monoisotopic (exact) mass is 344 g/mol. The molecule has 2 aromatic heterocycles. The Kier molecular flexibility index (Phi) is 4.41. The van der Waals surface area contributed by atoms with Crippen molar-refractivity contribution in [3.63, 3.8) is 0 Å². The highest BCUT2D eigenvalue weighted by Crippen LogP contribution is 2.25. The number of aryl methyl sites for hydroxylation is 1. The number of rotatable bonds is 4. The van der Waals surface area contributed by atoms with Gasteiger partial charge in [-0.3, -0.25) is 14.4 Å². The van der Waals surface area contributed by atoms with E-state index in [1.807, 2.05) is 22.2 Å². The number of amides is 1. The number of carbonyl (C=O) groups excluding carboxylic acids is 1. The number of thiophene rings is 1. The molecule has 2 aliphatic heterocycles. The van der Waals surface area contributed by atoms with Crippen molar-refractivity contribution in [2.75, 3.05) is 19.6 Å². The van der Waals surface area contributed by atoms with Crippen LogP contribution in [-0.2, 0) is 24.3 Å². The van der Waals surface area contributed by atoms with Crippen molar-refractivity contribution in [3.05, 3.63) is 39.8 Å². The third kappa shape index (κ3) is 3.26. The number of hydrogen-bond donors (Lipinski definition) is 0. The molecule has 0 saturated carbocycles. The van der Waals surface area contributed by atoms with Crippen LogP contribution in [0.1, 0.15) is 28.8 Å².